The van der Waals surface area contributed by atoms with Crippen LogP contribution in [0, 0.1) is 11.6 Å². The molecule has 0 saturated carbocycles. The number of hydrogen-bond acceptors (Lipinski definition) is 3. The van der Waals surface area contributed by atoms with Crippen molar-refractivity contribution in [2.24, 2.45) is 0 Å². The SMILES string of the molecule is O=C(CS(=O)c1cccs1)c1ccc(F)c(F)c1. The van der Waals surface area contributed by atoms with Crippen molar-refractivity contribution in [1.29, 1.82) is 0 Å². The number of Topliss-reactive ketones (excluding diaryl/α,β-unsaturated/α-hetero) is 1. The summed E-state index contributed by atoms with van der Waals surface area (Å²) in [4.78, 5) is 11.7. The molecule has 0 aliphatic rings. The fourth-order valence-electron chi connectivity index (χ4n) is 1.34. The van der Waals surface area contributed by atoms with Gasteiger partial charge in [0.2, 0.25) is 0 Å². The Labute approximate surface area is 109 Å². The second-order valence-electron chi connectivity index (χ2n) is 3.47. The fourth-order valence-corrected chi connectivity index (χ4v) is 3.33. The predicted octanol–water partition coefficient (Wildman–Crippen LogP) is 3.02. The molecule has 0 fully saturated rings. The van der Waals surface area contributed by atoms with Crippen molar-refractivity contribution in [1.82, 2.24) is 0 Å². The summed E-state index contributed by atoms with van der Waals surface area (Å²) >= 11 is 1.29. The third-order valence-corrected chi connectivity index (χ3v) is 4.84. The number of hydrogen-bond donors (Lipinski definition) is 0. The molecule has 0 N–H and O–H groups in total. The Kier molecular flexibility index (Phi) is 3.98. The Morgan fingerprint density at radius 3 is 2.61 bits per heavy atom. The third-order valence-electron chi connectivity index (χ3n) is 2.22. The summed E-state index contributed by atoms with van der Waals surface area (Å²) in [7, 11) is -1.44. The van der Waals surface area contributed by atoms with Crippen LogP contribution in [-0.4, -0.2) is 15.7 Å². The van der Waals surface area contributed by atoms with Crippen LogP contribution in [0.15, 0.2) is 39.9 Å². The molecular formula is C12H8F2O2S2. The van der Waals surface area contributed by atoms with Gasteiger partial charge in [0.25, 0.3) is 0 Å². The highest BCUT2D eigenvalue weighted by atomic mass is 32.2. The normalized spacial score (nSPS) is 12.3. The van der Waals surface area contributed by atoms with E-state index in [0.717, 1.165) is 12.1 Å². The van der Waals surface area contributed by atoms with Crippen molar-refractivity contribution in [3.8, 4) is 0 Å². The summed E-state index contributed by atoms with van der Waals surface area (Å²) in [5.74, 6) is -2.79. The average Bonchev–Trinajstić information content (AvgIpc) is 2.86. The van der Waals surface area contributed by atoms with Gasteiger partial charge in [-0.2, -0.15) is 0 Å². The summed E-state index contributed by atoms with van der Waals surface area (Å²) in [5, 5.41) is 1.76. The smallest absolute Gasteiger partial charge is 0.175 e. The molecule has 0 spiro atoms. The fraction of sp³-hybridized carbons (Fsp3) is 0.0833. The van der Waals surface area contributed by atoms with E-state index in [0.29, 0.717) is 4.21 Å². The summed E-state index contributed by atoms with van der Waals surface area (Å²) in [6.45, 7) is 0. The number of ketones is 1. The Hall–Kier alpha value is -1.40. The molecule has 1 atom stereocenters. The van der Waals surface area contributed by atoms with Gasteiger partial charge in [-0.25, -0.2) is 8.78 Å². The van der Waals surface area contributed by atoms with Crippen LogP contribution >= 0.6 is 11.3 Å². The Morgan fingerprint density at radius 2 is 2.00 bits per heavy atom. The molecule has 2 rings (SSSR count). The molecule has 6 heteroatoms. The first-order chi connectivity index (χ1) is 8.58. The van der Waals surface area contributed by atoms with Crippen molar-refractivity contribution < 1.29 is 17.8 Å². The first-order valence-corrected chi connectivity index (χ1v) is 7.18. The molecule has 2 nitrogen and oxygen atoms in total. The Morgan fingerprint density at radius 1 is 1.22 bits per heavy atom. The third kappa shape index (κ3) is 2.88. The average molecular weight is 286 g/mol. The predicted molar refractivity (Wildman–Crippen MR) is 66.3 cm³/mol. The molecule has 1 aromatic carbocycles. The van der Waals surface area contributed by atoms with Crippen LogP contribution in [0.3, 0.4) is 0 Å². The lowest BCUT2D eigenvalue weighted by atomic mass is 10.1. The number of halogens is 2. The summed E-state index contributed by atoms with van der Waals surface area (Å²) < 4.78 is 38.0. The van der Waals surface area contributed by atoms with Gasteiger partial charge in [0, 0.05) is 5.56 Å². The van der Waals surface area contributed by atoms with Gasteiger partial charge in [-0.05, 0) is 29.6 Å². The quantitative estimate of drug-likeness (QED) is 0.810. The maximum Gasteiger partial charge on any atom is 0.175 e. The first kappa shape index (κ1) is 13.0. The zero-order chi connectivity index (χ0) is 13.1. The largest absolute Gasteiger partial charge is 0.293 e. The second-order valence-corrected chi connectivity index (χ2v) is 6.10. The van der Waals surface area contributed by atoms with Gasteiger partial charge >= 0.3 is 0 Å². The standard InChI is InChI=1S/C12H8F2O2S2/c13-9-4-3-8(6-10(9)14)11(15)7-18(16)12-2-1-5-17-12/h1-6H,7H2. The van der Waals surface area contributed by atoms with E-state index in [4.69, 9.17) is 0 Å². The highest BCUT2D eigenvalue weighted by molar-refractivity contribution is 7.88. The van der Waals surface area contributed by atoms with Gasteiger partial charge in [0.05, 0.1) is 20.8 Å². The maximum absolute atomic E-state index is 12.9. The van der Waals surface area contributed by atoms with Gasteiger partial charge < -0.3 is 0 Å². The molecule has 1 aromatic heterocycles. The minimum Gasteiger partial charge on any atom is -0.293 e. The van der Waals surface area contributed by atoms with Crippen LogP contribution in [0.4, 0.5) is 8.78 Å². The van der Waals surface area contributed by atoms with E-state index in [2.05, 4.69) is 0 Å². The molecular weight excluding hydrogens is 278 g/mol. The minimum absolute atomic E-state index is 0.0267. The molecule has 0 aliphatic heterocycles. The van der Waals surface area contributed by atoms with Crippen LogP contribution in [0.25, 0.3) is 0 Å². The minimum atomic E-state index is -1.44. The second kappa shape index (κ2) is 5.49. The highest BCUT2D eigenvalue weighted by Gasteiger charge is 2.14. The molecule has 94 valence electrons. The van der Waals surface area contributed by atoms with E-state index in [1.54, 1.807) is 17.5 Å². The van der Waals surface area contributed by atoms with E-state index in [1.807, 2.05) is 0 Å². The van der Waals surface area contributed by atoms with Gasteiger partial charge in [-0.1, -0.05) is 6.07 Å². The molecule has 0 radical (unpaired) electrons. The van der Waals surface area contributed by atoms with Crippen LogP contribution in [0.1, 0.15) is 10.4 Å². The molecule has 1 unspecified atom stereocenters. The summed E-state index contributed by atoms with van der Waals surface area (Å²) in [5.41, 5.74) is 0.0267. The number of thiophene rings is 1. The topological polar surface area (TPSA) is 34.1 Å². The van der Waals surface area contributed by atoms with Gasteiger partial charge in [-0.15, -0.1) is 11.3 Å². The monoisotopic (exact) mass is 286 g/mol. The number of benzene rings is 1. The van der Waals surface area contributed by atoms with Crippen LogP contribution in [0.2, 0.25) is 0 Å². The number of rotatable bonds is 4. The van der Waals surface area contributed by atoms with Crippen molar-refractivity contribution in [2.75, 3.05) is 5.75 Å². The molecule has 0 bridgehead atoms. The van der Waals surface area contributed by atoms with E-state index in [9.17, 15) is 17.8 Å². The van der Waals surface area contributed by atoms with Crippen molar-refractivity contribution in [3.63, 3.8) is 0 Å². The van der Waals surface area contributed by atoms with Crippen molar-refractivity contribution >= 4 is 27.9 Å². The Bertz CT molecular complexity index is 594. The van der Waals surface area contributed by atoms with E-state index in [-0.39, 0.29) is 11.3 Å². The molecule has 0 aliphatic carbocycles. The first-order valence-electron chi connectivity index (χ1n) is 4.98. The Balaban J connectivity index is 2.12. The van der Waals surface area contributed by atoms with E-state index < -0.39 is 28.2 Å². The van der Waals surface area contributed by atoms with Crippen LogP contribution < -0.4 is 0 Å². The highest BCUT2D eigenvalue weighted by Crippen LogP contribution is 2.16. The van der Waals surface area contributed by atoms with Crippen molar-refractivity contribution in [2.45, 2.75) is 4.21 Å². The lowest BCUT2D eigenvalue weighted by Gasteiger charge is -2.01. The molecule has 18 heavy (non-hydrogen) atoms. The number of carbonyl (C=O) groups excluding carboxylic acids is 1. The van der Waals surface area contributed by atoms with Gasteiger partial charge in [-0.3, -0.25) is 9.00 Å². The van der Waals surface area contributed by atoms with Crippen LogP contribution in [0.5, 0.6) is 0 Å². The van der Waals surface area contributed by atoms with Gasteiger partial charge in [0.15, 0.2) is 17.4 Å². The lowest BCUT2D eigenvalue weighted by Crippen LogP contribution is -2.11. The molecule has 0 saturated heterocycles. The molecule has 0 amide bonds. The maximum atomic E-state index is 12.9. The molecule has 2 aromatic rings. The summed E-state index contributed by atoms with van der Waals surface area (Å²) in [6.07, 6.45) is 0. The van der Waals surface area contributed by atoms with E-state index >= 15 is 0 Å². The molecule has 1 heterocycles. The van der Waals surface area contributed by atoms with Crippen LogP contribution in [-0.2, 0) is 10.8 Å². The zero-order valence-corrected chi connectivity index (χ0v) is 10.7. The zero-order valence-electron chi connectivity index (χ0n) is 9.06. The van der Waals surface area contributed by atoms with Crippen molar-refractivity contribution in [3.05, 3.63) is 52.9 Å². The van der Waals surface area contributed by atoms with Gasteiger partial charge in [0.1, 0.15) is 0 Å². The lowest BCUT2D eigenvalue weighted by molar-refractivity contribution is 0.102. The van der Waals surface area contributed by atoms with E-state index in [1.165, 1.54) is 17.4 Å². The summed E-state index contributed by atoms with van der Waals surface area (Å²) in [6, 6.07) is 6.30. The number of carbonyl (C=O) groups is 1.